The van der Waals surface area contributed by atoms with Crippen LogP contribution in [0.25, 0.3) is 0 Å². The molecule has 256 valence electrons. The lowest BCUT2D eigenvalue weighted by Crippen LogP contribution is -2.59. The number of carbonyl (C=O) groups is 3. The van der Waals surface area contributed by atoms with Crippen molar-refractivity contribution < 1.29 is 28.6 Å². The quantitative estimate of drug-likeness (QED) is 0.384. The van der Waals surface area contributed by atoms with E-state index in [2.05, 4.69) is 32.2 Å². The summed E-state index contributed by atoms with van der Waals surface area (Å²) in [5.74, 6) is 0.0230. The zero-order chi connectivity index (χ0) is 33.2. The molecule has 2 saturated heterocycles. The summed E-state index contributed by atoms with van der Waals surface area (Å²) in [5.41, 5.74) is 1.62. The van der Waals surface area contributed by atoms with E-state index in [0.29, 0.717) is 50.9 Å². The Morgan fingerprint density at radius 2 is 1.89 bits per heavy atom. The Morgan fingerprint density at radius 3 is 2.52 bits per heavy atom. The van der Waals surface area contributed by atoms with Crippen LogP contribution in [0.1, 0.15) is 102 Å². The van der Waals surface area contributed by atoms with Gasteiger partial charge in [0, 0.05) is 45.5 Å². The number of hydrogen-bond acceptors (Lipinski definition) is 8. The number of hydrogen-bond donors (Lipinski definition) is 1. The third-order valence-corrected chi connectivity index (χ3v) is 9.62. The molecule has 3 atom stereocenters. The molecule has 1 aromatic heterocycles. The van der Waals surface area contributed by atoms with E-state index in [1.807, 2.05) is 36.8 Å². The Balaban J connectivity index is 1.45. The fourth-order valence-electron chi connectivity index (χ4n) is 6.89. The fraction of sp³-hybridized carbons (Fsp3) is 0.771. The summed E-state index contributed by atoms with van der Waals surface area (Å²) in [6, 6.07) is 1.93. The van der Waals surface area contributed by atoms with Crippen molar-refractivity contribution >= 4 is 23.6 Å². The SMILES string of the molecule is CC[C@H]1COCCN1C(=O)[C@@H]1C[C@H](N(CC(C)C)C(=O)c2ncc(C3CC3)cc2NC2CC(OC)C2)CN(C(=O)OC(C)(C)C)C1. The topological polar surface area (TPSA) is 114 Å². The summed E-state index contributed by atoms with van der Waals surface area (Å²) in [6.07, 6.45) is 6.91. The third kappa shape index (κ3) is 8.32. The van der Waals surface area contributed by atoms with Crippen LogP contribution in [0.4, 0.5) is 10.5 Å². The molecule has 0 spiro atoms. The van der Waals surface area contributed by atoms with Gasteiger partial charge in [0.05, 0.1) is 43.0 Å². The molecule has 5 rings (SSSR count). The van der Waals surface area contributed by atoms with Crippen molar-refractivity contribution in [1.29, 1.82) is 0 Å². The lowest BCUT2D eigenvalue weighted by Gasteiger charge is -2.45. The average molecular weight is 642 g/mol. The number of morpholine rings is 1. The molecule has 0 aromatic carbocycles. The van der Waals surface area contributed by atoms with E-state index in [1.165, 1.54) is 0 Å². The number of methoxy groups -OCH3 is 1. The molecular weight excluding hydrogens is 586 g/mol. The molecule has 0 bridgehead atoms. The Hall–Kier alpha value is -2.92. The molecule has 2 saturated carbocycles. The molecule has 4 aliphatic rings. The first-order valence-electron chi connectivity index (χ1n) is 17.3. The van der Waals surface area contributed by atoms with Gasteiger partial charge in [-0.1, -0.05) is 20.8 Å². The predicted octanol–water partition coefficient (Wildman–Crippen LogP) is 4.91. The number of carbonyl (C=O) groups excluding carboxylic acids is 3. The second-order valence-electron chi connectivity index (χ2n) is 15.1. The molecule has 4 fully saturated rings. The van der Waals surface area contributed by atoms with E-state index in [9.17, 15) is 14.4 Å². The second-order valence-corrected chi connectivity index (χ2v) is 15.1. The van der Waals surface area contributed by atoms with Gasteiger partial charge >= 0.3 is 6.09 Å². The van der Waals surface area contributed by atoms with Gasteiger partial charge in [0.1, 0.15) is 5.60 Å². The van der Waals surface area contributed by atoms with Gasteiger partial charge < -0.3 is 34.2 Å². The highest BCUT2D eigenvalue weighted by atomic mass is 16.6. The number of anilines is 1. The molecular formula is C35H55N5O6. The Bertz CT molecular complexity index is 1240. The van der Waals surface area contributed by atoms with Crippen molar-refractivity contribution in [2.24, 2.45) is 11.8 Å². The van der Waals surface area contributed by atoms with E-state index in [1.54, 1.807) is 12.0 Å². The van der Waals surface area contributed by atoms with Crippen LogP contribution in [-0.2, 0) is 19.0 Å². The van der Waals surface area contributed by atoms with E-state index >= 15 is 0 Å². The Labute approximate surface area is 274 Å². The van der Waals surface area contributed by atoms with Crippen molar-refractivity contribution in [2.75, 3.05) is 51.8 Å². The molecule has 1 aromatic rings. The zero-order valence-electron chi connectivity index (χ0n) is 28.9. The normalized spacial score (nSPS) is 26.8. The molecule has 1 N–H and O–H groups in total. The van der Waals surface area contributed by atoms with Gasteiger partial charge in [-0.15, -0.1) is 0 Å². The second kappa shape index (κ2) is 14.5. The highest BCUT2D eigenvalue weighted by Gasteiger charge is 2.43. The number of nitrogens with zero attached hydrogens (tertiary/aromatic N) is 4. The average Bonchev–Trinajstić information content (AvgIpc) is 3.85. The Morgan fingerprint density at radius 1 is 1.15 bits per heavy atom. The molecule has 2 aliphatic carbocycles. The van der Waals surface area contributed by atoms with E-state index in [-0.39, 0.29) is 48.5 Å². The van der Waals surface area contributed by atoms with Crippen molar-refractivity contribution in [2.45, 2.75) is 116 Å². The number of pyridine rings is 1. The maximum Gasteiger partial charge on any atom is 0.410 e. The lowest BCUT2D eigenvalue weighted by molar-refractivity contribution is -0.147. The van der Waals surface area contributed by atoms with Crippen LogP contribution in [0.2, 0.25) is 0 Å². The number of piperidine rings is 1. The van der Waals surface area contributed by atoms with Gasteiger partial charge in [-0.05, 0) is 82.8 Å². The van der Waals surface area contributed by atoms with Crippen molar-refractivity contribution in [1.82, 2.24) is 19.7 Å². The standard InChI is InChI=1S/C35H55N5O6/c1-8-27-21-45-12-11-39(27)32(41)25-13-28(20-38(19-25)34(43)46-35(4,5)6)40(18-22(2)3)33(42)31-30(37-26-15-29(16-26)44-7)14-24(17-36-31)23-9-10-23/h14,17,22-23,25-29,37H,8-13,15-16,18-21H2,1-7H3/t25-,26?,27+,28+,29?/m1/s1. The van der Waals surface area contributed by atoms with Gasteiger partial charge in [0.2, 0.25) is 5.91 Å². The first-order valence-corrected chi connectivity index (χ1v) is 17.3. The summed E-state index contributed by atoms with van der Waals surface area (Å²) >= 11 is 0. The lowest BCUT2D eigenvalue weighted by atomic mass is 9.88. The zero-order valence-corrected chi connectivity index (χ0v) is 28.9. The van der Waals surface area contributed by atoms with Crippen LogP contribution in [0.15, 0.2) is 12.3 Å². The molecule has 0 radical (unpaired) electrons. The van der Waals surface area contributed by atoms with E-state index in [4.69, 9.17) is 19.2 Å². The van der Waals surface area contributed by atoms with Crippen LogP contribution in [0.3, 0.4) is 0 Å². The van der Waals surface area contributed by atoms with Crippen LogP contribution in [-0.4, -0.2) is 114 Å². The van der Waals surface area contributed by atoms with E-state index < -0.39 is 17.6 Å². The van der Waals surface area contributed by atoms with Crippen LogP contribution < -0.4 is 5.32 Å². The number of amides is 3. The van der Waals surface area contributed by atoms with Gasteiger partial charge in [-0.25, -0.2) is 9.78 Å². The van der Waals surface area contributed by atoms with Crippen molar-refractivity contribution in [3.8, 4) is 0 Å². The van der Waals surface area contributed by atoms with Crippen LogP contribution in [0, 0.1) is 11.8 Å². The molecule has 46 heavy (non-hydrogen) atoms. The predicted molar refractivity (Wildman–Crippen MR) is 176 cm³/mol. The summed E-state index contributed by atoms with van der Waals surface area (Å²) in [7, 11) is 1.74. The minimum absolute atomic E-state index is 0.00275. The van der Waals surface area contributed by atoms with Gasteiger partial charge in [-0.3, -0.25) is 9.59 Å². The number of ether oxygens (including phenoxy) is 3. The summed E-state index contributed by atoms with van der Waals surface area (Å²) in [4.78, 5) is 52.5. The molecule has 0 unspecified atom stereocenters. The maximum atomic E-state index is 14.6. The first kappa shape index (κ1) is 34.4. The van der Waals surface area contributed by atoms with Crippen LogP contribution >= 0.6 is 0 Å². The number of nitrogens with one attached hydrogen (secondary N) is 1. The third-order valence-electron chi connectivity index (χ3n) is 9.62. The highest BCUT2D eigenvalue weighted by Crippen LogP contribution is 2.41. The summed E-state index contributed by atoms with van der Waals surface area (Å²) in [5, 5.41) is 3.61. The minimum atomic E-state index is -0.689. The largest absolute Gasteiger partial charge is 0.444 e. The van der Waals surface area contributed by atoms with Crippen LogP contribution in [0.5, 0.6) is 0 Å². The Kier molecular flexibility index (Phi) is 10.8. The molecule has 11 heteroatoms. The minimum Gasteiger partial charge on any atom is -0.444 e. The monoisotopic (exact) mass is 641 g/mol. The molecule has 3 heterocycles. The van der Waals surface area contributed by atoms with Crippen molar-refractivity contribution in [3.05, 3.63) is 23.5 Å². The highest BCUT2D eigenvalue weighted by molar-refractivity contribution is 5.98. The number of aromatic nitrogens is 1. The van der Waals surface area contributed by atoms with Crippen molar-refractivity contribution in [3.63, 3.8) is 0 Å². The molecule has 2 aliphatic heterocycles. The fourth-order valence-corrected chi connectivity index (χ4v) is 6.89. The first-order chi connectivity index (χ1) is 21.9. The molecule has 11 nitrogen and oxygen atoms in total. The van der Waals surface area contributed by atoms with E-state index in [0.717, 1.165) is 43.4 Å². The number of rotatable bonds is 10. The smallest absolute Gasteiger partial charge is 0.410 e. The summed E-state index contributed by atoms with van der Waals surface area (Å²) < 4.78 is 17.0. The summed E-state index contributed by atoms with van der Waals surface area (Å²) in [6.45, 7) is 14.3. The van der Waals surface area contributed by atoms with Gasteiger partial charge in [-0.2, -0.15) is 0 Å². The number of likely N-dealkylation sites (tertiary alicyclic amines) is 1. The van der Waals surface area contributed by atoms with Gasteiger partial charge in [0.25, 0.3) is 5.91 Å². The maximum absolute atomic E-state index is 14.6. The van der Waals surface area contributed by atoms with Gasteiger partial charge in [0.15, 0.2) is 5.69 Å². The molecule has 3 amide bonds.